The Kier molecular flexibility index (Phi) is 7.12. The van der Waals surface area contributed by atoms with Gasteiger partial charge in [-0.3, -0.25) is 0 Å². The summed E-state index contributed by atoms with van der Waals surface area (Å²) in [5, 5.41) is 12.5. The number of aliphatic hydroxyl groups is 1. The third kappa shape index (κ3) is 5.57. The number of amides is 1. The van der Waals surface area contributed by atoms with Crippen molar-refractivity contribution in [3.8, 4) is 0 Å². The van der Waals surface area contributed by atoms with Crippen LogP contribution in [0.2, 0.25) is 4.18 Å². The number of esters is 1. The average Bonchev–Trinajstić information content (AvgIpc) is 3.22. The van der Waals surface area contributed by atoms with Gasteiger partial charge in [-0.1, -0.05) is 0 Å². The van der Waals surface area contributed by atoms with E-state index >= 15 is 0 Å². The first kappa shape index (κ1) is 20.5. The Balaban J connectivity index is 2.10. The van der Waals surface area contributed by atoms with Gasteiger partial charge in [-0.05, 0) is 0 Å². The molecule has 1 unspecified atom stereocenters. The molecule has 1 atom stereocenters. The third-order valence-corrected chi connectivity index (χ3v) is 13.9. The molecule has 0 saturated carbocycles. The van der Waals surface area contributed by atoms with Gasteiger partial charge >= 0.3 is 160 Å². The van der Waals surface area contributed by atoms with Crippen molar-refractivity contribution in [1.29, 1.82) is 0 Å². The fraction of sp³-hybridized carbons (Fsp3) is 0.667. The van der Waals surface area contributed by atoms with Gasteiger partial charge in [-0.25, -0.2) is 0 Å². The van der Waals surface area contributed by atoms with Gasteiger partial charge in [0, 0.05) is 0 Å². The second-order valence-electron chi connectivity index (χ2n) is 6.86. The Morgan fingerprint density at radius 1 is 1.60 bits per heavy atom. The first-order chi connectivity index (χ1) is 11.7. The summed E-state index contributed by atoms with van der Waals surface area (Å²) in [4.78, 5) is 31.7. The van der Waals surface area contributed by atoms with Gasteiger partial charge < -0.3 is 0 Å². The number of aromatic nitrogens is 1. The fourth-order valence-corrected chi connectivity index (χ4v) is 11.8. The summed E-state index contributed by atoms with van der Waals surface area (Å²) < 4.78 is 9.75. The van der Waals surface area contributed by atoms with E-state index < -0.39 is 43.1 Å². The van der Waals surface area contributed by atoms with Gasteiger partial charge in [0.15, 0.2) is 0 Å². The molecule has 1 amide bonds. The molecule has 2 rings (SSSR count). The maximum absolute atomic E-state index is 12.3. The topological polar surface area (TPSA) is 104 Å². The Morgan fingerprint density at radius 3 is 2.84 bits per heavy atom. The van der Waals surface area contributed by atoms with Gasteiger partial charge in [0.25, 0.3) is 0 Å². The molecule has 1 aromatic heterocycles. The van der Waals surface area contributed by atoms with Crippen LogP contribution in [0, 0.1) is 6.92 Å². The second-order valence-corrected chi connectivity index (χ2v) is 16.0. The summed E-state index contributed by atoms with van der Waals surface area (Å²) in [6, 6.07) is 0. The molecule has 10 heteroatoms. The Hall–Kier alpha value is -0.840. The molecule has 3 N–H and O–H groups in total. The zero-order valence-corrected chi connectivity index (χ0v) is 19.1. The monoisotopic (exact) mass is 472 g/mol. The predicted octanol–water partition coefficient (Wildman–Crippen LogP) is 0.168. The van der Waals surface area contributed by atoms with Crippen molar-refractivity contribution in [2.24, 2.45) is 0 Å². The van der Waals surface area contributed by atoms with Crippen LogP contribution in [-0.4, -0.2) is 73.4 Å². The fourth-order valence-electron chi connectivity index (χ4n) is 2.56. The summed E-state index contributed by atoms with van der Waals surface area (Å²) in [7, 11) is 1.85. The van der Waals surface area contributed by atoms with E-state index in [2.05, 4.69) is 13.6 Å². The average molecular weight is 472 g/mol. The number of aryl methyl sites for hydroxylation is 1. The standard InChI is InChI=1S/C12H18N3O4S.C3H7N.In/c1-8-5-13-11(20-8)15(4)7-19-10(18)9(17)14-12(2,3)6-16;1-2-3-4;/h5,7,16H,6H2,1-4H3,(H,14,17);4H,1-3H2;/q;-1;+1. The van der Waals surface area contributed by atoms with E-state index in [9.17, 15) is 14.7 Å². The van der Waals surface area contributed by atoms with E-state index in [0.717, 1.165) is 27.2 Å². The number of carbonyl (C=O) groups excluding carboxylic acids is 2. The van der Waals surface area contributed by atoms with E-state index in [0.29, 0.717) is 0 Å². The number of aliphatic hydroxyl groups excluding tert-OH is 1. The number of anilines is 1. The molecule has 1 aromatic rings. The quantitative estimate of drug-likeness (QED) is 0.308. The van der Waals surface area contributed by atoms with E-state index in [1.807, 2.05) is 18.9 Å². The molecule has 0 aromatic carbocycles. The van der Waals surface area contributed by atoms with Crippen LogP contribution in [0.5, 0.6) is 0 Å². The van der Waals surface area contributed by atoms with Crippen molar-refractivity contribution in [2.75, 3.05) is 25.1 Å². The summed E-state index contributed by atoms with van der Waals surface area (Å²) in [6.07, 6.45) is 2.85. The van der Waals surface area contributed by atoms with Crippen LogP contribution >= 0.6 is 11.3 Å². The summed E-state index contributed by atoms with van der Waals surface area (Å²) in [5.74, 6) is -1.76. The molecule has 0 bridgehead atoms. The van der Waals surface area contributed by atoms with Gasteiger partial charge in [0.1, 0.15) is 0 Å². The zero-order valence-electron chi connectivity index (χ0n) is 15.0. The van der Waals surface area contributed by atoms with Crippen LogP contribution in [0.3, 0.4) is 0 Å². The number of ether oxygens (including phenoxy) is 1. The number of hydrogen-bond acceptors (Lipinski definition) is 8. The summed E-state index contributed by atoms with van der Waals surface area (Å²) in [6.45, 7) is 5.91. The Bertz CT molecular complexity index is 618. The van der Waals surface area contributed by atoms with Crippen LogP contribution in [0.15, 0.2) is 6.20 Å². The molecular formula is C15H25InN4O4S. The molecule has 1 aliphatic rings. The van der Waals surface area contributed by atoms with Crippen molar-refractivity contribution in [3.63, 3.8) is 0 Å². The third-order valence-electron chi connectivity index (χ3n) is 4.00. The minimum absolute atomic E-state index is 0.267. The number of nitrogens with zero attached hydrogens (tertiary/aromatic N) is 2. The molecule has 8 nitrogen and oxygen atoms in total. The van der Waals surface area contributed by atoms with Crippen LogP contribution in [0.1, 0.15) is 25.1 Å². The number of nitrogens with one attached hydrogen (secondary N) is 2. The second kappa shape index (κ2) is 8.70. The van der Waals surface area contributed by atoms with Crippen molar-refractivity contribution in [2.45, 2.75) is 40.9 Å². The maximum atomic E-state index is 12.3. The SMILES string of the molecule is Cc1cnc(N(C)[CH](OC(=O)C(=O)NC(C)(C)CO)[In]2[CH2]CC[NH]2)s1. The van der Waals surface area contributed by atoms with Gasteiger partial charge in [0.2, 0.25) is 0 Å². The van der Waals surface area contributed by atoms with E-state index in [1.54, 1.807) is 20.0 Å². The number of hydrogen-bond donors (Lipinski definition) is 3. The molecule has 0 aliphatic carbocycles. The van der Waals surface area contributed by atoms with Gasteiger partial charge in [-0.2, -0.15) is 0 Å². The van der Waals surface area contributed by atoms with Crippen LogP contribution in [0.25, 0.3) is 0 Å². The van der Waals surface area contributed by atoms with Gasteiger partial charge in [-0.15, -0.1) is 0 Å². The molecule has 0 spiro atoms. The van der Waals surface area contributed by atoms with Crippen molar-refractivity contribution in [1.82, 2.24) is 13.6 Å². The van der Waals surface area contributed by atoms with Crippen molar-refractivity contribution >= 4 is 50.1 Å². The molecule has 25 heavy (non-hydrogen) atoms. The number of rotatable bonds is 6. The molecule has 138 valence electrons. The van der Waals surface area contributed by atoms with Crippen LogP contribution < -0.4 is 13.5 Å². The minimum atomic E-state index is -2.38. The first-order valence-corrected chi connectivity index (χ1v) is 15.0. The molecular weight excluding hydrogens is 447 g/mol. The van der Waals surface area contributed by atoms with Crippen molar-refractivity contribution < 1.29 is 19.4 Å². The normalized spacial score (nSPS) is 15.8. The Labute approximate surface area is 159 Å². The van der Waals surface area contributed by atoms with Gasteiger partial charge in [0.05, 0.1) is 0 Å². The first-order valence-electron chi connectivity index (χ1n) is 8.26. The molecule has 2 heterocycles. The molecule has 1 saturated heterocycles. The Morgan fingerprint density at radius 2 is 2.32 bits per heavy atom. The van der Waals surface area contributed by atoms with E-state index in [-0.39, 0.29) is 6.61 Å². The molecule has 0 radical (unpaired) electrons. The van der Waals surface area contributed by atoms with Crippen LogP contribution in [0.4, 0.5) is 5.13 Å². The molecule has 1 fully saturated rings. The number of carbonyl (C=O) groups is 2. The summed E-state index contributed by atoms with van der Waals surface area (Å²) in [5.41, 5.74) is -0.876. The van der Waals surface area contributed by atoms with E-state index in [4.69, 9.17) is 4.74 Å². The number of thiazole rings is 1. The summed E-state index contributed by atoms with van der Waals surface area (Å²) >= 11 is -0.857. The van der Waals surface area contributed by atoms with Crippen LogP contribution in [-0.2, 0) is 14.3 Å². The molecule has 1 aliphatic heterocycles. The zero-order chi connectivity index (χ0) is 18.6. The predicted molar refractivity (Wildman–Crippen MR) is 97.6 cm³/mol. The van der Waals surface area contributed by atoms with Crippen molar-refractivity contribution in [3.05, 3.63) is 11.1 Å². The van der Waals surface area contributed by atoms with E-state index in [1.165, 1.54) is 11.3 Å².